The van der Waals surface area contributed by atoms with Crippen molar-refractivity contribution in [1.29, 1.82) is 0 Å². The van der Waals surface area contributed by atoms with Gasteiger partial charge in [-0.05, 0) is 36.8 Å². The van der Waals surface area contributed by atoms with Gasteiger partial charge in [0.25, 0.3) is 0 Å². The third-order valence-electron chi connectivity index (χ3n) is 4.04. The largest absolute Gasteiger partial charge is 0.490 e. The summed E-state index contributed by atoms with van der Waals surface area (Å²) in [7, 11) is 0. The fraction of sp³-hybridized carbons (Fsp3) is 0.611. The molecule has 1 N–H and O–H groups in total. The highest BCUT2D eigenvalue weighted by molar-refractivity contribution is 5.69. The van der Waals surface area contributed by atoms with Crippen molar-refractivity contribution < 1.29 is 19.4 Å². The Labute approximate surface area is 132 Å². The van der Waals surface area contributed by atoms with E-state index in [4.69, 9.17) is 9.47 Å². The molecule has 0 heterocycles. The number of carbonyl (C=O) groups excluding carboxylic acids is 1. The maximum Gasteiger partial charge on any atom is 0.305 e. The van der Waals surface area contributed by atoms with Gasteiger partial charge in [0.05, 0.1) is 0 Å². The molecule has 1 aromatic rings. The molecule has 1 aromatic carbocycles. The van der Waals surface area contributed by atoms with Gasteiger partial charge in [-0.1, -0.05) is 38.0 Å². The number of ether oxygens (including phenoxy) is 2. The molecule has 2 rings (SSSR count). The molecule has 22 heavy (non-hydrogen) atoms. The van der Waals surface area contributed by atoms with Crippen molar-refractivity contribution in [2.24, 2.45) is 0 Å². The summed E-state index contributed by atoms with van der Waals surface area (Å²) >= 11 is 0. The molecule has 0 aromatic heterocycles. The smallest absolute Gasteiger partial charge is 0.305 e. The van der Waals surface area contributed by atoms with Crippen LogP contribution in [0.1, 0.15) is 56.9 Å². The van der Waals surface area contributed by atoms with Gasteiger partial charge in [-0.2, -0.15) is 0 Å². The maximum atomic E-state index is 11.3. The normalized spacial score (nSPS) is 16.5. The third kappa shape index (κ3) is 5.02. The zero-order chi connectivity index (χ0) is 15.8. The van der Waals surface area contributed by atoms with Crippen LogP contribution in [-0.4, -0.2) is 30.4 Å². The predicted octanol–water partition coefficient (Wildman–Crippen LogP) is 3.43. The number of hydrogen-bond donors (Lipinski definition) is 1. The van der Waals surface area contributed by atoms with Crippen LogP contribution in [0.5, 0.6) is 5.75 Å². The van der Waals surface area contributed by atoms with Gasteiger partial charge in [0.15, 0.2) is 0 Å². The Kier molecular flexibility index (Phi) is 6.72. The number of aliphatic hydroxyl groups is 1. The topological polar surface area (TPSA) is 55.8 Å². The molecule has 1 aliphatic rings. The van der Waals surface area contributed by atoms with Gasteiger partial charge >= 0.3 is 5.97 Å². The third-order valence-corrected chi connectivity index (χ3v) is 4.04. The standard InChI is InChI=1S/C18H26O4/c1-2-7-18(20)22-13-15(19)12-21-17-11-6-5-10-16(17)14-8-3-4-9-14/h5-6,10-11,14-15,19H,2-4,7-9,12-13H2,1H3/t15-/m1/s1. The van der Waals surface area contributed by atoms with Crippen LogP contribution in [-0.2, 0) is 9.53 Å². The van der Waals surface area contributed by atoms with Crippen LogP contribution in [0.15, 0.2) is 24.3 Å². The molecule has 0 bridgehead atoms. The summed E-state index contributed by atoms with van der Waals surface area (Å²) in [5.74, 6) is 1.14. The van der Waals surface area contributed by atoms with Crippen molar-refractivity contribution >= 4 is 5.97 Å². The van der Waals surface area contributed by atoms with Crippen molar-refractivity contribution in [2.45, 2.75) is 57.5 Å². The molecule has 0 amide bonds. The first-order valence-corrected chi connectivity index (χ1v) is 8.26. The summed E-state index contributed by atoms with van der Waals surface area (Å²) in [4.78, 5) is 11.3. The second-order valence-electron chi connectivity index (χ2n) is 5.92. The molecule has 0 unspecified atom stereocenters. The fourth-order valence-electron chi connectivity index (χ4n) is 2.89. The van der Waals surface area contributed by atoms with Crippen molar-refractivity contribution in [3.8, 4) is 5.75 Å². The molecule has 0 spiro atoms. The van der Waals surface area contributed by atoms with Gasteiger partial charge in [0.2, 0.25) is 0 Å². The average Bonchev–Trinajstić information content (AvgIpc) is 3.06. The molecule has 0 saturated heterocycles. The van der Waals surface area contributed by atoms with E-state index in [9.17, 15) is 9.90 Å². The van der Waals surface area contributed by atoms with E-state index in [1.807, 2.05) is 25.1 Å². The van der Waals surface area contributed by atoms with Crippen LogP contribution in [0.25, 0.3) is 0 Å². The number of rotatable bonds is 8. The minimum absolute atomic E-state index is 0.00950. The zero-order valence-electron chi connectivity index (χ0n) is 13.3. The highest BCUT2D eigenvalue weighted by Gasteiger charge is 2.20. The molecular formula is C18H26O4. The first-order chi connectivity index (χ1) is 10.7. The lowest BCUT2D eigenvalue weighted by Gasteiger charge is -2.18. The highest BCUT2D eigenvalue weighted by atomic mass is 16.5. The Hall–Kier alpha value is -1.55. The van der Waals surface area contributed by atoms with Crippen molar-refractivity contribution in [1.82, 2.24) is 0 Å². The molecule has 122 valence electrons. The van der Waals surface area contributed by atoms with Crippen molar-refractivity contribution in [3.05, 3.63) is 29.8 Å². The first-order valence-electron chi connectivity index (χ1n) is 8.26. The zero-order valence-corrected chi connectivity index (χ0v) is 13.3. The molecule has 4 heteroatoms. The molecule has 0 aliphatic heterocycles. The number of aliphatic hydroxyl groups excluding tert-OH is 1. The summed E-state index contributed by atoms with van der Waals surface area (Å²) in [6.45, 7) is 2.05. The summed E-state index contributed by atoms with van der Waals surface area (Å²) in [6.07, 6.45) is 5.30. The minimum Gasteiger partial charge on any atom is -0.490 e. The van der Waals surface area contributed by atoms with Gasteiger partial charge < -0.3 is 14.6 Å². The molecule has 1 saturated carbocycles. The van der Waals surface area contributed by atoms with Crippen LogP contribution in [0.2, 0.25) is 0 Å². The predicted molar refractivity (Wildman–Crippen MR) is 85.0 cm³/mol. The molecule has 0 radical (unpaired) electrons. The highest BCUT2D eigenvalue weighted by Crippen LogP contribution is 2.38. The molecule has 4 nitrogen and oxygen atoms in total. The summed E-state index contributed by atoms with van der Waals surface area (Å²) in [6, 6.07) is 8.04. The number of benzene rings is 1. The van der Waals surface area contributed by atoms with E-state index in [1.165, 1.54) is 31.2 Å². The lowest BCUT2D eigenvalue weighted by Crippen LogP contribution is -2.25. The van der Waals surface area contributed by atoms with Crippen LogP contribution in [0.3, 0.4) is 0 Å². The van der Waals surface area contributed by atoms with Gasteiger partial charge in [0, 0.05) is 6.42 Å². The number of para-hydroxylation sites is 1. The maximum absolute atomic E-state index is 11.3. The van der Waals surface area contributed by atoms with Gasteiger partial charge in [-0.15, -0.1) is 0 Å². The minimum atomic E-state index is -0.794. The Bertz CT molecular complexity index is 466. The second kappa shape index (κ2) is 8.79. The number of esters is 1. The lowest BCUT2D eigenvalue weighted by molar-refractivity contribution is -0.147. The Morgan fingerprint density at radius 2 is 2.00 bits per heavy atom. The van der Waals surface area contributed by atoms with E-state index in [1.54, 1.807) is 0 Å². The molecule has 1 aliphatic carbocycles. The van der Waals surface area contributed by atoms with Crippen LogP contribution in [0, 0.1) is 0 Å². The van der Waals surface area contributed by atoms with Gasteiger partial charge in [0.1, 0.15) is 25.1 Å². The summed E-state index contributed by atoms with van der Waals surface area (Å²) < 4.78 is 10.8. The average molecular weight is 306 g/mol. The second-order valence-corrected chi connectivity index (χ2v) is 5.92. The van der Waals surface area contributed by atoms with Gasteiger partial charge in [-0.3, -0.25) is 4.79 Å². The van der Waals surface area contributed by atoms with Crippen molar-refractivity contribution in [2.75, 3.05) is 13.2 Å². The van der Waals surface area contributed by atoms with Crippen molar-refractivity contribution in [3.63, 3.8) is 0 Å². The Morgan fingerprint density at radius 1 is 1.27 bits per heavy atom. The fourth-order valence-corrected chi connectivity index (χ4v) is 2.89. The monoisotopic (exact) mass is 306 g/mol. The van der Waals surface area contributed by atoms with E-state index in [0.717, 1.165) is 12.2 Å². The quantitative estimate of drug-likeness (QED) is 0.748. The summed E-state index contributed by atoms with van der Waals surface area (Å²) in [5, 5.41) is 9.88. The number of carbonyl (C=O) groups is 1. The van der Waals surface area contributed by atoms with E-state index >= 15 is 0 Å². The van der Waals surface area contributed by atoms with Crippen LogP contribution >= 0.6 is 0 Å². The molecule has 1 fully saturated rings. The van der Waals surface area contributed by atoms with Gasteiger partial charge in [-0.25, -0.2) is 0 Å². The van der Waals surface area contributed by atoms with E-state index in [0.29, 0.717) is 12.3 Å². The van der Waals surface area contributed by atoms with E-state index in [-0.39, 0.29) is 19.2 Å². The summed E-state index contributed by atoms with van der Waals surface area (Å²) in [5.41, 5.74) is 1.23. The SMILES string of the molecule is CCCC(=O)OC[C@H](O)COc1ccccc1C1CCCC1. The lowest BCUT2D eigenvalue weighted by atomic mass is 9.97. The van der Waals surface area contributed by atoms with Crippen LogP contribution < -0.4 is 4.74 Å². The molecule has 1 atom stereocenters. The first kappa shape index (κ1) is 16.8. The van der Waals surface area contributed by atoms with E-state index in [2.05, 4.69) is 6.07 Å². The van der Waals surface area contributed by atoms with Crippen LogP contribution in [0.4, 0.5) is 0 Å². The Morgan fingerprint density at radius 3 is 2.73 bits per heavy atom. The number of hydrogen-bond acceptors (Lipinski definition) is 4. The molecular weight excluding hydrogens is 280 g/mol. The Balaban J connectivity index is 1.82. The van der Waals surface area contributed by atoms with E-state index < -0.39 is 6.10 Å².